The van der Waals surface area contributed by atoms with Gasteiger partial charge in [-0.1, -0.05) is 0 Å². The number of carboxylic acids is 1. The summed E-state index contributed by atoms with van der Waals surface area (Å²) in [6, 6.07) is 1.67. The van der Waals surface area contributed by atoms with Crippen molar-refractivity contribution >= 4 is 12.0 Å². The summed E-state index contributed by atoms with van der Waals surface area (Å²) in [7, 11) is 0. The van der Waals surface area contributed by atoms with E-state index in [4.69, 9.17) is 15.3 Å². The van der Waals surface area contributed by atoms with Gasteiger partial charge in [-0.2, -0.15) is 0 Å². The Labute approximate surface area is 69.3 Å². The van der Waals surface area contributed by atoms with Gasteiger partial charge in [0.15, 0.2) is 0 Å². The molecule has 1 rings (SSSR count). The Kier molecular flexibility index (Phi) is 2.66. The molecule has 1 aromatic rings. The molecule has 0 unspecified atom stereocenters. The van der Waals surface area contributed by atoms with Gasteiger partial charge in [0.1, 0.15) is 0 Å². The van der Waals surface area contributed by atoms with Crippen molar-refractivity contribution < 1.29 is 14.3 Å². The predicted molar refractivity (Wildman–Crippen MR) is 43.4 cm³/mol. The molecule has 4 nitrogen and oxygen atoms in total. The van der Waals surface area contributed by atoms with Gasteiger partial charge in [0, 0.05) is 12.1 Å². The maximum atomic E-state index is 10.5. The van der Waals surface area contributed by atoms with E-state index in [0.717, 1.165) is 0 Å². The van der Waals surface area contributed by atoms with Gasteiger partial charge in [-0.15, -0.1) is 0 Å². The van der Waals surface area contributed by atoms with E-state index in [1.165, 1.54) is 18.6 Å². The fourth-order valence-corrected chi connectivity index (χ4v) is 0.766. The van der Waals surface area contributed by atoms with Crippen LogP contribution in [0, 0.1) is 0 Å². The number of nitrogens with two attached hydrogens (primary N) is 1. The summed E-state index contributed by atoms with van der Waals surface area (Å²) in [6.07, 6.45) is 4.41. The summed E-state index contributed by atoms with van der Waals surface area (Å²) in [5.74, 6) is -1.00. The second-order valence-corrected chi connectivity index (χ2v) is 2.24. The van der Waals surface area contributed by atoms with E-state index in [9.17, 15) is 4.79 Å². The normalized spacial score (nSPS) is 11.6. The summed E-state index contributed by atoms with van der Waals surface area (Å²) in [5, 5.41) is 8.59. The molecule has 0 bridgehead atoms. The number of carbonyl (C=O) groups is 1. The number of hydrogen-bond acceptors (Lipinski definition) is 3. The first-order valence-electron chi connectivity index (χ1n) is 3.40. The molecule has 64 valence electrons. The second-order valence-electron chi connectivity index (χ2n) is 2.24. The summed E-state index contributed by atoms with van der Waals surface area (Å²) < 4.78 is 4.76. The first-order chi connectivity index (χ1) is 5.74. The third-order valence-electron chi connectivity index (χ3n) is 1.38. The smallest absolute Gasteiger partial charge is 0.332 e. The minimum absolute atomic E-state index is 0.0144. The molecule has 0 amide bonds. The molecule has 12 heavy (non-hydrogen) atoms. The van der Waals surface area contributed by atoms with E-state index in [2.05, 4.69) is 0 Å². The van der Waals surface area contributed by atoms with E-state index < -0.39 is 5.97 Å². The Balaban J connectivity index is 2.85. The molecular weight excluding hydrogens is 158 g/mol. The molecule has 0 spiro atoms. The van der Waals surface area contributed by atoms with Crippen molar-refractivity contribution in [3.8, 4) is 0 Å². The third kappa shape index (κ3) is 1.96. The van der Waals surface area contributed by atoms with Crippen LogP contribution in [0.1, 0.15) is 5.56 Å². The number of hydrogen-bond donors (Lipinski definition) is 2. The molecule has 0 atom stereocenters. The molecule has 0 saturated carbocycles. The van der Waals surface area contributed by atoms with Gasteiger partial charge < -0.3 is 15.3 Å². The molecule has 0 aliphatic heterocycles. The standard InChI is InChI=1S/C8H9NO3/c9-4-7(8(10)11)3-6-1-2-12-5-6/h1-3,5H,4,9H2,(H,10,11). The number of carboxylic acid groups (broad SMARTS) is 1. The SMILES string of the molecule is NCC(=Cc1ccoc1)C(=O)O. The molecule has 0 saturated heterocycles. The predicted octanol–water partition coefficient (Wildman–Crippen LogP) is 0.706. The Morgan fingerprint density at radius 1 is 1.75 bits per heavy atom. The lowest BCUT2D eigenvalue weighted by atomic mass is 10.2. The van der Waals surface area contributed by atoms with Gasteiger partial charge >= 0.3 is 5.97 Å². The zero-order chi connectivity index (χ0) is 8.97. The van der Waals surface area contributed by atoms with Crippen molar-refractivity contribution in [3.05, 3.63) is 29.7 Å². The minimum Gasteiger partial charge on any atom is -0.478 e. The van der Waals surface area contributed by atoms with E-state index in [1.807, 2.05) is 0 Å². The average Bonchev–Trinajstić information content (AvgIpc) is 2.51. The van der Waals surface area contributed by atoms with Crippen molar-refractivity contribution in [2.45, 2.75) is 0 Å². The first kappa shape index (κ1) is 8.55. The highest BCUT2D eigenvalue weighted by molar-refractivity contribution is 5.92. The van der Waals surface area contributed by atoms with Crippen LogP contribution in [0.2, 0.25) is 0 Å². The summed E-state index contributed by atoms with van der Waals surface area (Å²) in [5.41, 5.74) is 6.08. The van der Waals surface area contributed by atoms with Crippen LogP contribution in [0.3, 0.4) is 0 Å². The molecule has 4 heteroatoms. The molecular formula is C8H9NO3. The van der Waals surface area contributed by atoms with Crippen molar-refractivity contribution in [1.82, 2.24) is 0 Å². The molecule has 0 aromatic carbocycles. The molecule has 0 radical (unpaired) electrons. The van der Waals surface area contributed by atoms with Crippen LogP contribution < -0.4 is 5.73 Å². The van der Waals surface area contributed by atoms with Crippen LogP contribution in [0.5, 0.6) is 0 Å². The molecule has 3 N–H and O–H groups in total. The summed E-state index contributed by atoms with van der Waals surface area (Å²) in [6.45, 7) is 0.0144. The van der Waals surface area contributed by atoms with Crippen molar-refractivity contribution in [1.29, 1.82) is 0 Å². The zero-order valence-corrected chi connectivity index (χ0v) is 6.36. The van der Waals surface area contributed by atoms with E-state index >= 15 is 0 Å². The monoisotopic (exact) mass is 167 g/mol. The molecule has 0 aliphatic carbocycles. The maximum absolute atomic E-state index is 10.5. The highest BCUT2D eigenvalue weighted by Gasteiger charge is 2.04. The fourth-order valence-electron chi connectivity index (χ4n) is 0.766. The summed E-state index contributed by atoms with van der Waals surface area (Å²) >= 11 is 0. The average molecular weight is 167 g/mol. The lowest BCUT2D eigenvalue weighted by Gasteiger charge is -1.94. The van der Waals surface area contributed by atoms with Crippen LogP contribution in [0.15, 0.2) is 28.6 Å². The lowest BCUT2D eigenvalue weighted by molar-refractivity contribution is -0.132. The van der Waals surface area contributed by atoms with Gasteiger partial charge in [0.25, 0.3) is 0 Å². The van der Waals surface area contributed by atoms with Gasteiger partial charge in [0.2, 0.25) is 0 Å². The number of furan rings is 1. The van der Waals surface area contributed by atoms with Crippen LogP contribution >= 0.6 is 0 Å². The number of aliphatic carboxylic acids is 1. The lowest BCUT2D eigenvalue weighted by Crippen LogP contribution is -2.11. The highest BCUT2D eigenvalue weighted by atomic mass is 16.4. The van der Waals surface area contributed by atoms with Crippen LogP contribution in [-0.2, 0) is 4.79 Å². The van der Waals surface area contributed by atoms with Gasteiger partial charge in [-0.05, 0) is 12.1 Å². The Morgan fingerprint density at radius 3 is 2.92 bits per heavy atom. The Bertz CT molecular complexity index is 287. The molecule has 1 aromatic heterocycles. The van der Waals surface area contributed by atoms with Crippen LogP contribution in [0.25, 0.3) is 6.08 Å². The molecule has 1 heterocycles. The fraction of sp³-hybridized carbons (Fsp3) is 0.125. The van der Waals surface area contributed by atoms with E-state index in [1.54, 1.807) is 6.07 Å². The minimum atomic E-state index is -1.00. The van der Waals surface area contributed by atoms with Gasteiger partial charge in [-0.25, -0.2) is 4.79 Å². The third-order valence-corrected chi connectivity index (χ3v) is 1.38. The molecule has 0 aliphatic rings. The Hall–Kier alpha value is -1.55. The van der Waals surface area contributed by atoms with Crippen molar-refractivity contribution in [2.75, 3.05) is 6.54 Å². The summed E-state index contributed by atoms with van der Waals surface area (Å²) in [4.78, 5) is 10.5. The van der Waals surface area contributed by atoms with Crippen molar-refractivity contribution in [3.63, 3.8) is 0 Å². The highest BCUT2D eigenvalue weighted by Crippen LogP contribution is 2.06. The number of rotatable bonds is 3. The van der Waals surface area contributed by atoms with Gasteiger partial charge in [-0.3, -0.25) is 0 Å². The second kappa shape index (κ2) is 3.73. The Morgan fingerprint density at radius 2 is 2.50 bits per heavy atom. The van der Waals surface area contributed by atoms with Crippen LogP contribution in [-0.4, -0.2) is 17.6 Å². The van der Waals surface area contributed by atoms with Crippen LogP contribution in [0.4, 0.5) is 0 Å². The van der Waals surface area contributed by atoms with Crippen molar-refractivity contribution in [2.24, 2.45) is 5.73 Å². The quantitative estimate of drug-likeness (QED) is 0.650. The largest absolute Gasteiger partial charge is 0.478 e. The topological polar surface area (TPSA) is 76.5 Å². The van der Waals surface area contributed by atoms with E-state index in [-0.39, 0.29) is 12.1 Å². The zero-order valence-electron chi connectivity index (χ0n) is 6.36. The molecule has 0 fully saturated rings. The van der Waals surface area contributed by atoms with Gasteiger partial charge in [0.05, 0.1) is 18.1 Å². The maximum Gasteiger partial charge on any atom is 0.332 e. The first-order valence-corrected chi connectivity index (χ1v) is 3.40. The van der Waals surface area contributed by atoms with E-state index in [0.29, 0.717) is 5.56 Å².